The number of imide groups is 2. The van der Waals surface area contributed by atoms with Crippen molar-refractivity contribution >= 4 is 35.7 Å². The van der Waals surface area contributed by atoms with E-state index in [1.807, 2.05) is 0 Å². The molecular weight excluding hydrogens is 364 g/mol. The zero-order valence-electron chi connectivity index (χ0n) is 14.8. The van der Waals surface area contributed by atoms with Gasteiger partial charge in [0, 0.05) is 11.8 Å². The molecule has 1 atom stereocenters. The first-order chi connectivity index (χ1) is 13.5. The zero-order chi connectivity index (χ0) is 20.1. The number of urea groups is 1. The summed E-state index contributed by atoms with van der Waals surface area (Å²) in [5.74, 6) is -3.25. The molecule has 0 unspecified atom stereocenters. The van der Waals surface area contributed by atoms with Crippen LogP contribution in [0.1, 0.15) is 10.4 Å². The summed E-state index contributed by atoms with van der Waals surface area (Å²) in [5.41, 5.74) is 2.80. The van der Waals surface area contributed by atoms with Crippen LogP contribution in [0.4, 0.5) is 10.5 Å². The maximum absolute atomic E-state index is 12.7. The lowest BCUT2D eigenvalue weighted by atomic mass is 10.1. The van der Waals surface area contributed by atoms with Gasteiger partial charge in [-0.05, 0) is 24.3 Å². The van der Waals surface area contributed by atoms with Crippen molar-refractivity contribution < 1.29 is 23.9 Å². The highest BCUT2D eigenvalue weighted by Gasteiger charge is 2.41. The van der Waals surface area contributed by atoms with Gasteiger partial charge in [0.15, 0.2) is 5.92 Å². The van der Waals surface area contributed by atoms with E-state index in [0.29, 0.717) is 5.56 Å². The number of benzene rings is 2. The predicted molar refractivity (Wildman–Crippen MR) is 99.9 cm³/mol. The van der Waals surface area contributed by atoms with Crippen molar-refractivity contribution in [2.75, 3.05) is 12.0 Å². The number of ether oxygens (including phenoxy) is 1. The van der Waals surface area contributed by atoms with Gasteiger partial charge in [0.2, 0.25) is 5.91 Å². The Hall–Kier alpha value is -4.01. The number of hydrogen-bond acceptors (Lipinski definition) is 6. The van der Waals surface area contributed by atoms with E-state index in [0.717, 1.165) is 11.1 Å². The van der Waals surface area contributed by atoms with Crippen LogP contribution >= 0.6 is 0 Å². The Kier molecular flexibility index (Phi) is 5.45. The fourth-order valence-corrected chi connectivity index (χ4v) is 2.59. The number of nitrogens with zero attached hydrogens (tertiary/aromatic N) is 2. The highest BCUT2D eigenvalue weighted by molar-refractivity contribution is 6.32. The van der Waals surface area contributed by atoms with Gasteiger partial charge in [-0.25, -0.2) is 15.1 Å². The van der Waals surface area contributed by atoms with Crippen LogP contribution in [0.3, 0.4) is 0 Å². The maximum Gasteiger partial charge on any atom is 0.335 e. The van der Waals surface area contributed by atoms with E-state index < -0.39 is 29.7 Å². The van der Waals surface area contributed by atoms with Crippen molar-refractivity contribution in [1.82, 2.24) is 10.7 Å². The molecule has 9 nitrogen and oxygen atoms in total. The number of carbonyl (C=O) groups is 4. The Morgan fingerprint density at radius 3 is 2.50 bits per heavy atom. The summed E-state index contributed by atoms with van der Waals surface area (Å²) in [6, 6.07) is 13.8. The second-order valence-electron chi connectivity index (χ2n) is 5.70. The summed E-state index contributed by atoms with van der Waals surface area (Å²) in [4.78, 5) is 49.8. The van der Waals surface area contributed by atoms with Crippen molar-refractivity contribution in [3.63, 3.8) is 0 Å². The van der Waals surface area contributed by atoms with Crippen LogP contribution in [0, 0.1) is 5.92 Å². The molecule has 9 heteroatoms. The summed E-state index contributed by atoms with van der Waals surface area (Å²) in [6.07, 6.45) is 0.980. The van der Waals surface area contributed by atoms with Crippen LogP contribution < -0.4 is 20.4 Å². The normalized spacial score (nSPS) is 16.8. The molecular formula is C19H16N4O5. The molecule has 1 heterocycles. The molecule has 5 amide bonds. The van der Waals surface area contributed by atoms with Gasteiger partial charge in [0.25, 0.3) is 11.8 Å². The SMILES string of the molecule is COc1ccccc1N1C(=O)NC(=O)[C@@H](/C=N\NC(=O)c2ccccc2)C1=O. The van der Waals surface area contributed by atoms with E-state index in [4.69, 9.17) is 4.74 Å². The first kappa shape index (κ1) is 18.8. The average molecular weight is 380 g/mol. The first-order valence-corrected chi connectivity index (χ1v) is 8.23. The molecule has 0 saturated carbocycles. The van der Waals surface area contributed by atoms with Crippen molar-refractivity contribution in [2.24, 2.45) is 11.0 Å². The number of amides is 5. The van der Waals surface area contributed by atoms with E-state index in [2.05, 4.69) is 15.8 Å². The molecule has 0 radical (unpaired) electrons. The third-order valence-corrected chi connectivity index (χ3v) is 3.95. The largest absolute Gasteiger partial charge is 0.495 e. The van der Waals surface area contributed by atoms with Crippen LogP contribution in [-0.4, -0.2) is 37.1 Å². The molecule has 0 aromatic heterocycles. The number of barbiturate groups is 1. The topological polar surface area (TPSA) is 117 Å². The number of methoxy groups -OCH3 is 1. The number of carbonyl (C=O) groups excluding carboxylic acids is 4. The van der Waals surface area contributed by atoms with Crippen molar-refractivity contribution in [1.29, 1.82) is 0 Å². The van der Waals surface area contributed by atoms with E-state index >= 15 is 0 Å². The molecule has 2 aromatic rings. The molecule has 3 rings (SSSR count). The van der Waals surface area contributed by atoms with Crippen LogP contribution in [0.5, 0.6) is 5.75 Å². The van der Waals surface area contributed by atoms with Crippen molar-refractivity contribution in [3.05, 3.63) is 60.2 Å². The van der Waals surface area contributed by atoms with Gasteiger partial charge >= 0.3 is 6.03 Å². The molecule has 1 aliphatic heterocycles. The summed E-state index contributed by atoms with van der Waals surface area (Å²) < 4.78 is 5.17. The lowest BCUT2D eigenvalue weighted by Gasteiger charge is -2.29. The van der Waals surface area contributed by atoms with Crippen molar-refractivity contribution in [3.8, 4) is 5.75 Å². The monoisotopic (exact) mass is 380 g/mol. The minimum Gasteiger partial charge on any atom is -0.495 e. The Labute approximate surface area is 160 Å². The van der Waals surface area contributed by atoms with E-state index in [1.165, 1.54) is 13.2 Å². The maximum atomic E-state index is 12.7. The zero-order valence-corrected chi connectivity index (χ0v) is 14.8. The molecule has 2 aromatic carbocycles. The van der Waals surface area contributed by atoms with E-state index in [-0.39, 0.29) is 11.4 Å². The molecule has 0 aliphatic carbocycles. The van der Waals surface area contributed by atoms with Gasteiger partial charge in [0.05, 0.1) is 12.8 Å². The molecule has 1 saturated heterocycles. The summed E-state index contributed by atoms with van der Waals surface area (Å²) in [6.45, 7) is 0. The minimum atomic E-state index is -1.39. The molecule has 1 fully saturated rings. The van der Waals surface area contributed by atoms with Gasteiger partial charge in [0.1, 0.15) is 5.75 Å². The summed E-state index contributed by atoms with van der Waals surface area (Å²) >= 11 is 0. The Bertz CT molecular complexity index is 958. The number of rotatable bonds is 5. The van der Waals surface area contributed by atoms with Crippen molar-refractivity contribution in [2.45, 2.75) is 0 Å². The van der Waals surface area contributed by atoms with E-state index in [1.54, 1.807) is 48.5 Å². The van der Waals surface area contributed by atoms with Gasteiger partial charge in [-0.1, -0.05) is 30.3 Å². The fourth-order valence-electron chi connectivity index (χ4n) is 2.59. The molecule has 142 valence electrons. The number of anilines is 1. The third-order valence-electron chi connectivity index (χ3n) is 3.95. The fraction of sp³-hybridized carbons (Fsp3) is 0.105. The smallest absolute Gasteiger partial charge is 0.335 e. The number of hydrogen-bond donors (Lipinski definition) is 2. The minimum absolute atomic E-state index is 0.187. The standard InChI is InChI=1S/C19H16N4O5/c1-28-15-10-6-5-9-14(15)23-18(26)13(17(25)21-19(23)27)11-20-22-16(24)12-7-3-2-4-8-12/h2-11,13H,1H3,(H,22,24)(H,21,25,27)/b20-11-/t13-/m1/s1. The van der Waals surface area contributed by atoms with Gasteiger partial charge in [-0.3, -0.25) is 19.7 Å². The quantitative estimate of drug-likeness (QED) is 0.461. The second kappa shape index (κ2) is 8.12. The predicted octanol–water partition coefficient (Wildman–Crippen LogP) is 1.31. The van der Waals surface area contributed by atoms with Crippen LogP contribution in [0.2, 0.25) is 0 Å². The third kappa shape index (κ3) is 3.73. The summed E-state index contributed by atoms with van der Waals surface area (Å²) in [7, 11) is 1.40. The second-order valence-corrected chi connectivity index (χ2v) is 5.70. The molecule has 0 spiro atoms. The Balaban J connectivity index is 1.79. The lowest BCUT2D eigenvalue weighted by Crippen LogP contribution is -2.58. The molecule has 0 bridgehead atoms. The van der Waals surface area contributed by atoms with Gasteiger partial charge < -0.3 is 4.74 Å². The molecule has 1 aliphatic rings. The Morgan fingerprint density at radius 1 is 1.11 bits per heavy atom. The van der Waals surface area contributed by atoms with Gasteiger partial charge in [-0.15, -0.1) is 0 Å². The highest BCUT2D eigenvalue weighted by Crippen LogP contribution is 2.30. The van der Waals surface area contributed by atoms with Gasteiger partial charge in [-0.2, -0.15) is 5.10 Å². The van der Waals surface area contributed by atoms with Crippen LogP contribution in [-0.2, 0) is 9.59 Å². The highest BCUT2D eigenvalue weighted by atomic mass is 16.5. The average Bonchev–Trinajstić information content (AvgIpc) is 2.71. The van der Waals surface area contributed by atoms with Crippen LogP contribution in [0.25, 0.3) is 0 Å². The number of hydrazone groups is 1. The lowest BCUT2D eigenvalue weighted by molar-refractivity contribution is -0.131. The Morgan fingerprint density at radius 2 is 1.79 bits per heavy atom. The van der Waals surface area contributed by atoms with Crippen LogP contribution in [0.15, 0.2) is 59.7 Å². The van der Waals surface area contributed by atoms with E-state index in [9.17, 15) is 19.2 Å². The summed E-state index contributed by atoms with van der Waals surface area (Å²) in [5, 5.41) is 5.79. The first-order valence-electron chi connectivity index (χ1n) is 8.23. The number of nitrogens with one attached hydrogen (secondary N) is 2. The molecule has 2 N–H and O–H groups in total. The number of para-hydroxylation sites is 2. The molecule has 28 heavy (non-hydrogen) atoms.